The monoisotopic (exact) mass is 178 g/mol. The first-order valence-electron chi connectivity index (χ1n) is 5.22. The van der Waals surface area contributed by atoms with Gasteiger partial charge in [-0.05, 0) is 43.9 Å². The highest BCUT2D eigenvalue weighted by Crippen LogP contribution is 2.52. The molecule has 0 spiro atoms. The van der Waals surface area contributed by atoms with E-state index in [0.29, 0.717) is 11.8 Å². The molecule has 2 rings (SSSR count). The summed E-state index contributed by atoms with van der Waals surface area (Å²) in [5.74, 6) is 1.96. The topological polar surface area (TPSA) is 20.2 Å². The minimum absolute atomic E-state index is 0.287. The van der Waals surface area contributed by atoms with E-state index in [1.807, 2.05) is 0 Å². The van der Waals surface area contributed by atoms with Crippen molar-refractivity contribution in [2.45, 2.75) is 32.3 Å². The standard InChI is InChI=1S/C12H18O/c1-3-9-5-8-6-10(9)11(7-8)12(13)4-2/h3-4,8,10-13H,2,5-7H2,1H3/t8-,10-,11?,12?/m1/s1. The summed E-state index contributed by atoms with van der Waals surface area (Å²) < 4.78 is 0. The summed E-state index contributed by atoms with van der Waals surface area (Å²) in [6.45, 7) is 5.79. The number of fused-ring (bicyclic) bond motifs is 2. The number of hydrogen-bond donors (Lipinski definition) is 1. The fraction of sp³-hybridized carbons (Fsp3) is 0.667. The molecule has 2 bridgehead atoms. The van der Waals surface area contributed by atoms with Crippen LogP contribution in [0.25, 0.3) is 0 Å². The molecule has 0 aromatic heterocycles. The predicted octanol–water partition coefficient (Wildman–Crippen LogP) is 2.53. The summed E-state index contributed by atoms with van der Waals surface area (Å²) in [6, 6.07) is 0. The molecule has 1 heteroatoms. The Morgan fingerprint density at radius 2 is 2.31 bits per heavy atom. The van der Waals surface area contributed by atoms with Gasteiger partial charge in [-0.15, -0.1) is 6.58 Å². The maximum absolute atomic E-state index is 9.75. The third kappa shape index (κ3) is 1.35. The van der Waals surface area contributed by atoms with Crippen LogP contribution in [0.5, 0.6) is 0 Å². The predicted molar refractivity (Wildman–Crippen MR) is 54.3 cm³/mol. The van der Waals surface area contributed by atoms with Gasteiger partial charge in [-0.2, -0.15) is 0 Å². The van der Waals surface area contributed by atoms with E-state index < -0.39 is 0 Å². The van der Waals surface area contributed by atoms with Crippen LogP contribution in [0.4, 0.5) is 0 Å². The molecule has 13 heavy (non-hydrogen) atoms. The Bertz CT molecular complexity index is 242. The number of hydrogen-bond acceptors (Lipinski definition) is 1. The average Bonchev–Trinajstić information content (AvgIpc) is 2.74. The van der Waals surface area contributed by atoms with Gasteiger partial charge in [0.1, 0.15) is 0 Å². The number of aliphatic hydroxyl groups is 1. The first kappa shape index (κ1) is 9.01. The molecule has 0 radical (unpaired) electrons. The molecule has 0 amide bonds. The van der Waals surface area contributed by atoms with Crippen molar-refractivity contribution in [3.05, 3.63) is 24.3 Å². The van der Waals surface area contributed by atoms with E-state index in [-0.39, 0.29) is 6.10 Å². The van der Waals surface area contributed by atoms with Crippen LogP contribution >= 0.6 is 0 Å². The summed E-state index contributed by atoms with van der Waals surface area (Å²) in [5.41, 5.74) is 1.57. The Kier molecular flexibility index (Phi) is 2.29. The summed E-state index contributed by atoms with van der Waals surface area (Å²) in [5, 5.41) is 9.75. The van der Waals surface area contributed by atoms with Crippen LogP contribution in [0.2, 0.25) is 0 Å². The molecular weight excluding hydrogens is 160 g/mol. The van der Waals surface area contributed by atoms with Crippen LogP contribution in [0.1, 0.15) is 26.2 Å². The molecule has 2 aliphatic rings. The Morgan fingerprint density at radius 3 is 2.85 bits per heavy atom. The lowest BCUT2D eigenvalue weighted by molar-refractivity contribution is 0.129. The zero-order valence-corrected chi connectivity index (χ0v) is 8.24. The minimum atomic E-state index is -0.287. The largest absolute Gasteiger partial charge is 0.389 e. The Balaban J connectivity index is 2.14. The maximum atomic E-state index is 9.75. The second-order valence-electron chi connectivity index (χ2n) is 4.40. The molecule has 0 heterocycles. The smallest absolute Gasteiger partial charge is 0.0752 e. The fourth-order valence-electron chi connectivity index (χ4n) is 3.14. The van der Waals surface area contributed by atoms with Gasteiger partial charge in [-0.3, -0.25) is 0 Å². The van der Waals surface area contributed by atoms with Gasteiger partial charge in [0.15, 0.2) is 0 Å². The SMILES string of the molecule is C=CC(O)C1C[C@@H]2CC(=CC)[C@H]1C2. The van der Waals surface area contributed by atoms with Crippen molar-refractivity contribution < 1.29 is 5.11 Å². The summed E-state index contributed by atoms with van der Waals surface area (Å²) >= 11 is 0. The fourth-order valence-corrected chi connectivity index (χ4v) is 3.14. The van der Waals surface area contributed by atoms with Crippen LogP contribution in [0, 0.1) is 17.8 Å². The van der Waals surface area contributed by atoms with Crippen molar-refractivity contribution in [3.8, 4) is 0 Å². The van der Waals surface area contributed by atoms with E-state index in [9.17, 15) is 5.11 Å². The summed E-state index contributed by atoms with van der Waals surface area (Å²) in [4.78, 5) is 0. The van der Waals surface area contributed by atoms with E-state index >= 15 is 0 Å². The molecule has 2 fully saturated rings. The highest BCUT2D eigenvalue weighted by Gasteiger charge is 2.44. The van der Waals surface area contributed by atoms with E-state index in [1.54, 1.807) is 11.6 Å². The number of allylic oxidation sites excluding steroid dienone is 2. The second kappa shape index (κ2) is 3.30. The molecule has 1 nitrogen and oxygen atoms in total. The maximum Gasteiger partial charge on any atom is 0.0752 e. The minimum Gasteiger partial charge on any atom is -0.389 e. The van der Waals surface area contributed by atoms with E-state index in [1.165, 1.54) is 19.3 Å². The normalized spacial score (nSPS) is 42.6. The lowest BCUT2D eigenvalue weighted by Crippen LogP contribution is -2.24. The molecule has 2 saturated carbocycles. The van der Waals surface area contributed by atoms with Crippen molar-refractivity contribution in [2.24, 2.45) is 17.8 Å². The van der Waals surface area contributed by atoms with Gasteiger partial charge in [0, 0.05) is 0 Å². The lowest BCUT2D eigenvalue weighted by Gasteiger charge is -2.26. The number of rotatable bonds is 2. The van der Waals surface area contributed by atoms with E-state index in [2.05, 4.69) is 19.6 Å². The summed E-state index contributed by atoms with van der Waals surface area (Å²) in [6.07, 6.45) is 7.43. The average molecular weight is 178 g/mol. The van der Waals surface area contributed by atoms with Crippen molar-refractivity contribution in [1.82, 2.24) is 0 Å². The van der Waals surface area contributed by atoms with Gasteiger partial charge in [0.25, 0.3) is 0 Å². The number of aliphatic hydroxyl groups excluding tert-OH is 1. The highest BCUT2D eigenvalue weighted by molar-refractivity contribution is 5.19. The molecule has 0 aromatic rings. The molecular formula is C12H18O. The van der Waals surface area contributed by atoms with Crippen molar-refractivity contribution in [2.75, 3.05) is 0 Å². The van der Waals surface area contributed by atoms with Crippen molar-refractivity contribution >= 4 is 0 Å². The quantitative estimate of drug-likeness (QED) is 0.644. The lowest BCUT2D eigenvalue weighted by atomic mass is 9.81. The molecule has 0 aromatic carbocycles. The second-order valence-corrected chi connectivity index (χ2v) is 4.40. The summed E-state index contributed by atoms with van der Waals surface area (Å²) in [7, 11) is 0. The first-order valence-corrected chi connectivity index (χ1v) is 5.22. The van der Waals surface area contributed by atoms with Crippen LogP contribution in [-0.4, -0.2) is 11.2 Å². The highest BCUT2D eigenvalue weighted by atomic mass is 16.3. The third-order valence-corrected chi connectivity index (χ3v) is 3.76. The molecule has 0 saturated heterocycles. The molecule has 4 atom stereocenters. The van der Waals surface area contributed by atoms with Gasteiger partial charge in [-0.25, -0.2) is 0 Å². The van der Waals surface area contributed by atoms with Gasteiger partial charge >= 0.3 is 0 Å². The third-order valence-electron chi connectivity index (χ3n) is 3.76. The zero-order chi connectivity index (χ0) is 9.42. The molecule has 72 valence electrons. The Labute approximate surface area is 80.2 Å². The van der Waals surface area contributed by atoms with Gasteiger partial charge < -0.3 is 5.11 Å². The van der Waals surface area contributed by atoms with E-state index in [0.717, 1.165) is 5.92 Å². The molecule has 0 aliphatic heterocycles. The van der Waals surface area contributed by atoms with Gasteiger partial charge in [-0.1, -0.05) is 17.7 Å². The van der Waals surface area contributed by atoms with Crippen molar-refractivity contribution in [3.63, 3.8) is 0 Å². The molecule has 1 N–H and O–H groups in total. The first-order chi connectivity index (χ1) is 6.26. The Morgan fingerprint density at radius 1 is 1.54 bits per heavy atom. The van der Waals surface area contributed by atoms with Gasteiger partial charge in [0.2, 0.25) is 0 Å². The molecule has 2 aliphatic carbocycles. The van der Waals surface area contributed by atoms with Crippen LogP contribution in [0.15, 0.2) is 24.3 Å². The van der Waals surface area contributed by atoms with Crippen LogP contribution in [-0.2, 0) is 0 Å². The zero-order valence-electron chi connectivity index (χ0n) is 8.24. The van der Waals surface area contributed by atoms with Crippen LogP contribution < -0.4 is 0 Å². The van der Waals surface area contributed by atoms with Crippen molar-refractivity contribution in [1.29, 1.82) is 0 Å². The van der Waals surface area contributed by atoms with Crippen LogP contribution in [0.3, 0.4) is 0 Å². The Hall–Kier alpha value is -0.560. The van der Waals surface area contributed by atoms with E-state index in [4.69, 9.17) is 0 Å². The van der Waals surface area contributed by atoms with Gasteiger partial charge in [0.05, 0.1) is 6.10 Å². The molecule has 2 unspecified atom stereocenters.